The topological polar surface area (TPSA) is 49.8 Å². The summed E-state index contributed by atoms with van der Waals surface area (Å²) in [6.07, 6.45) is 1.59. The van der Waals surface area contributed by atoms with Crippen LogP contribution in [0, 0.1) is 5.92 Å². The van der Waals surface area contributed by atoms with Crippen molar-refractivity contribution in [1.82, 2.24) is 4.90 Å². The number of piperidine rings is 1. The van der Waals surface area contributed by atoms with Gasteiger partial charge in [-0.3, -0.25) is 9.69 Å². The SMILES string of the molecule is O=C(O)C1CCCN(C(c2cccc(Oc3ccccc3)c2)c2ccc(Cl)s2)C1. The first-order chi connectivity index (χ1) is 14.1. The van der Waals surface area contributed by atoms with Gasteiger partial charge in [0, 0.05) is 11.4 Å². The highest BCUT2D eigenvalue weighted by atomic mass is 35.5. The van der Waals surface area contributed by atoms with Crippen molar-refractivity contribution in [3.63, 3.8) is 0 Å². The monoisotopic (exact) mass is 427 g/mol. The van der Waals surface area contributed by atoms with Gasteiger partial charge in [0.15, 0.2) is 0 Å². The molecular formula is C23H22ClNO3S. The molecule has 4 rings (SSSR count). The minimum atomic E-state index is -0.723. The highest BCUT2D eigenvalue weighted by molar-refractivity contribution is 7.16. The number of halogens is 1. The van der Waals surface area contributed by atoms with Crippen LogP contribution in [0.1, 0.15) is 29.3 Å². The summed E-state index contributed by atoms with van der Waals surface area (Å²) < 4.78 is 6.75. The molecule has 29 heavy (non-hydrogen) atoms. The minimum absolute atomic E-state index is 0.0472. The molecule has 6 heteroatoms. The number of hydrogen-bond donors (Lipinski definition) is 1. The Morgan fingerprint density at radius 3 is 2.62 bits per heavy atom. The number of ether oxygens (including phenoxy) is 1. The van der Waals surface area contributed by atoms with Crippen LogP contribution >= 0.6 is 22.9 Å². The van der Waals surface area contributed by atoms with E-state index in [-0.39, 0.29) is 12.0 Å². The van der Waals surface area contributed by atoms with Crippen LogP contribution in [0.5, 0.6) is 11.5 Å². The molecule has 2 atom stereocenters. The molecule has 2 heterocycles. The second-order valence-corrected chi connectivity index (χ2v) is 8.95. The Morgan fingerprint density at radius 1 is 1.10 bits per heavy atom. The maximum absolute atomic E-state index is 11.6. The third-order valence-corrected chi connectivity index (χ3v) is 6.47. The second kappa shape index (κ2) is 8.99. The van der Waals surface area contributed by atoms with Gasteiger partial charge in [-0.2, -0.15) is 0 Å². The third-order valence-electron chi connectivity index (χ3n) is 5.18. The molecule has 1 aliphatic heterocycles. The number of nitrogens with zero attached hydrogens (tertiary/aromatic N) is 1. The average Bonchev–Trinajstić information content (AvgIpc) is 3.15. The lowest BCUT2D eigenvalue weighted by molar-refractivity contribution is -0.143. The fraction of sp³-hybridized carbons (Fsp3) is 0.261. The van der Waals surface area contributed by atoms with E-state index in [9.17, 15) is 9.90 Å². The maximum Gasteiger partial charge on any atom is 0.307 e. The predicted octanol–water partition coefficient (Wildman–Crippen LogP) is 6.08. The summed E-state index contributed by atoms with van der Waals surface area (Å²) in [6.45, 7) is 1.38. The van der Waals surface area contributed by atoms with E-state index in [1.54, 1.807) is 0 Å². The molecule has 0 aliphatic carbocycles. The van der Waals surface area contributed by atoms with Crippen molar-refractivity contribution < 1.29 is 14.6 Å². The van der Waals surface area contributed by atoms with Crippen molar-refractivity contribution in [2.45, 2.75) is 18.9 Å². The summed E-state index contributed by atoms with van der Waals surface area (Å²) in [5, 5.41) is 9.53. The van der Waals surface area contributed by atoms with Crippen LogP contribution in [0.15, 0.2) is 66.7 Å². The Kier molecular flexibility index (Phi) is 6.19. The van der Waals surface area contributed by atoms with E-state index in [2.05, 4.69) is 11.0 Å². The summed E-state index contributed by atoms with van der Waals surface area (Å²) in [7, 11) is 0. The van der Waals surface area contributed by atoms with Gasteiger partial charge in [0.2, 0.25) is 0 Å². The lowest BCUT2D eigenvalue weighted by Crippen LogP contribution is -2.41. The summed E-state index contributed by atoms with van der Waals surface area (Å²) in [6, 6.07) is 21.6. The Labute approximate surface area is 179 Å². The fourth-order valence-electron chi connectivity index (χ4n) is 3.85. The van der Waals surface area contributed by atoms with Crippen LogP contribution in [0.3, 0.4) is 0 Å². The van der Waals surface area contributed by atoms with Crippen molar-refractivity contribution in [3.05, 3.63) is 81.5 Å². The third kappa shape index (κ3) is 4.81. The molecule has 1 N–H and O–H groups in total. The highest BCUT2D eigenvalue weighted by Crippen LogP contribution is 2.38. The van der Waals surface area contributed by atoms with Crippen LogP contribution < -0.4 is 4.74 Å². The number of para-hydroxylation sites is 1. The van der Waals surface area contributed by atoms with Crippen LogP contribution in [0.4, 0.5) is 0 Å². The Balaban J connectivity index is 1.66. The average molecular weight is 428 g/mol. The summed E-state index contributed by atoms with van der Waals surface area (Å²) in [5.74, 6) is 0.474. The highest BCUT2D eigenvalue weighted by Gasteiger charge is 2.32. The van der Waals surface area contributed by atoms with Gasteiger partial charge in [0.1, 0.15) is 11.5 Å². The smallest absolute Gasteiger partial charge is 0.307 e. The largest absolute Gasteiger partial charge is 0.481 e. The van der Waals surface area contributed by atoms with E-state index >= 15 is 0 Å². The molecule has 0 spiro atoms. The zero-order valence-electron chi connectivity index (χ0n) is 15.8. The molecule has 150 valence electrons. The van der Waals surface area contributed by atoms with E-state index in [0.717, 1.165) is 45.7 Å². The molecule has 1 saturated heterocycles. The van der Waals surface area contributed by atoms with Gasteiger partial charge in [0.05, 0.1) is 16.3 Å². The Bertz CT molecular complexity index is 975. The molecule has 4 nitrogen and oxygen atoms in total. The van der Waals surface area contributed by atoms with Gasteiger partial charge in [0.25, 0.3) is 0 Å². The van der Waals surface area contributed by atoms with E-state index in [4.69, 9.17) is 16.3 Å². The first-order valence-electron chi connectivity index (χ1n) is 9.65. The zero-order chi connectivity index (χ0) is 20.2. The van der Waals surface area contributed by atoms with Gasteiger partial charge in [-0.25, -0.2) is 0 Å². The van der Waals surface area contributed by atoms with Gasteiger partial charge >= 0.3 is 5.97 Å². The molecule has 0 amide bonds. The lowest BCUT2D eigenvalue weighted by Gasteiger charge is -2.37. The molecule has 0 saturated carbocycles. The van der Waals surface area contributed by atoms with E-state index in [0.29, 0.717) is 6.54 Å². The number of benzene rings is 2. The first-order valence-corrected chi connectivity index (χ1v) is 10.8. The van der Waals surface area contributed by atoms with Crippen LogP contribution in [-0.4, -0.2) is 29.1 Å². The molecule has 0 radical (unpaired) electrons. The molecule has 1 aliphatic rings. The van der Waals surface area contributed by atoms with Gasteiger partial charge in [-0.15, -0.1) is 11.3 Å². The number of carboxylic acid groups (broad SMARTS) is 1. The quantitative estimate of drug-likeness (QED) is 0.517. The molecule has 1 aromatic heterocycles. The summed E-state index contributed by atoms with van der Waals surface area (Å²) in [4.78, 5) is 15.0. The molecule has 1 fully saturated rings. The molecule has 2 unspecified atom stereocenters. The molecule has 2 aromatic carbocycles. The number of likely N-dealkylation sites (tertiary alicyclic amines) is 1. The van der Waals surface area contributed by atoms with Gasteiger partial charge in [-0.05, 0) is 61.3 Å². The van der Waals surface area contributed by atoms with Crippen LogP contribution in [-0.2, 0) is 4.79 Å². The van der Waals surface area contributed by atoms with Gasteiger partial charge < -0.3 is 9.84 Å². The van der Waals surface area contributed by atoms with Crippen LogP contribution in [0.25, 0.3) is 0 Å². The number of carboxylic acids is 1. The van der Waals surface area contributed by atoms with Crippen molar-refractivity contribution >= 4 is 28.9 Å². The van der Waals surface area contributed by atoms with E-state index in [1.165, 1.54) is 11.3 Å². The molecular weight excluding hydrogens is 406 g/mol. The maximum atomic E-state index is 11.6. The van der Waals surface area contributed by atoms with Crippen LogP contribution in [0.2, 0.25) is 4.34 Å². The summed E-state index contributed by atoms with van der Waals surface area (Å²) in [5.41, 5.74) is 1.07. The lowest BCUT2D eigenvalue weighted by atomic mass is 9.94. The number of rotatable bonds is 6. The Morgan fingerprint density at radius 2 is 1.90 bits per heavy atom. The zero-order valence-corrected chi connectivity index (χ0v) is 17.4. The summed E-state index contributed by atoms with van der Waals surface area (Å²) >= 11 is 7.77. The van der Waals surface area contributed by atoms with Crippen molar-refractivity contribution in [1.29, 1.82) is 0 Å². The van der Waals surface area contributed by atoms with E-state index in [1.807, 2.05) is 60.7 Å². The standard InChI is InChI=1S/C23H22ClNO3S/c24-21-12-11-20(29-21)22(25-13-5-7-17(15-25)23(26)27)16-6-4-10-19(14-16)28-18-8-2-1-3-9-18/h1-4,6,8-12,14,17,22H,5,7,13,15H2,(H,26,27). The second-order valence-electron chi connectivity index (χ2n) is 7.20. The predicted molar refractivity (Wildman–Crippen MR) is 116 cm³/mol. The van der Waals surface area contributed by atoms with Crippen molar-refractivity contribution in [2.24, 2.45) is 5.92 Å². The minimum Gasteiger partial charge on any atom is -0.481 e. The number of hydrogen-bond acceptors (Lipinski definition) is 4. The normalized spacial score (nSPS) is 18.3. The number of thiophene rings is 1. The van der Waals surface area contributed by atoms with E-state index < -0.39 is 5.97 Å². The number of carbonyl (C=O) groups is 1. The van der Waals surface area contributed by atoms with Gasteiger partial charge in [-0.1, -0.05) is 41.9 Å². The van der Waals surface area contributed by atoms with Crippen molar-refractivity contribution in [2.75, 3.05) is 13.1 Å². The molecule has 3 aromatic rings. The number of aliphatic carboxylic acids is 1. The first kappa shape index (κ1) is 20.0. The molecule has 0 bridgehead atoms. The van der Waals surface area contributed by atoms with Crippen molar-refractivity contribution in [3.8, 4) is 11.5 Å². The Hall–Kier alpha value is -2.34. The fourth-order valence-corrected chi connectivity index (χ4v) is 5.07.